The second kappa shape index (κ2) is 7.46. The van der Waals surface area contributed by atoms with Gasteiger partial charge in [0.25, 0.3) is 0 Å². The van der Waals surface area contributed by atoms with Gasteiger partial charge in [0.15, 0.2) is 0 Å². The van der Waals surface area contributed by atoms with Gasteiger partial charge >= 0.3 is 86.2 Å². The summed E-state index contributed by atoms with van der Waals surface area (Å²) in [7, 11) is 0. The average Bonchev–Trinajstić information content (AvgIpc) is 2.04. The number of aliphatic hydroxyl groups excluding tert-OH is 2. The van der Waals surface area contributed by atoms with Gasteiger partial charge in [0.1, 0.15) is 0 Å². The molecule has 1 unspecified atom stereocenters. The van der Waals surface area contributed by atoms with E-state index in [0.717, 1.165) is 12.0 Å². The topological polar surface area (TPSA) is 61.7 Å². The molecule has 1 atom stereocenters. The van der Waals surface area contributed by atoms with Gasteiger partial charge in [-0.15, -0.1) is 0 Å². The fourth-order valence-corrected chi connectivity index (χ4v) is 0.997. The number of hydrogen-bond donors (Lipinski definition) is 3. The van der Waals surface area contributed by atoms with E-state index in [1.54, 1.807) is 20.1 Å². The van der Waals surface area contributed by atoms with Crippen LogP contribution in [0.15, 0.2) is 0 Å². The van der Waals surface area contributed by atoms with E-state index < -0.39 is 6.10 Å². The Morgan fingerprint density at radius 3 is 2.91 bits per heavy atom. The van der Waals surface area contributed by atoms with Crippen molar-refractivity contribution in [1.82, 2.24) is 3.88 Å². The fraction of sp³-hybridized carbons (Fsp3) is 0.750. The molecule has 0 heterocycles. The first-order chi connectivity index (χ1) is 5.20. The first kappa shape index (κ1) is 11.8. The minimum atomic E-state index is -0.831. The van der Waals surface area contributed by atoms with Crippen LogP contribution in [0.1, 0.15) is 0 Å². The van der Waals surface area contributed by atoms with Crippen molar-refractivity contribution in [3.63, 3.8) is 0 Å². The van der Waals surface area contributed by atoms with Crippen LogP contribution in [-0.2, 0) is 24.2 Å². The van der Waals surface area contributed by atoms with E-state index in [4.69, 9.17) is 26.6 Å². The molecule has 0 aliphatic heterocycles. The van der Waals surface area contributed by atoms with Crippen LogP contribution in [0.4, 0.5) is 0 Å². The summed E-state index contributed by atoms with van der Waals surface area (Å²) in [6.45, 7) is -0.225. The number of thiocarbonyl (C=S) groups is 1. The van der Waals surface area contributed by atoms with Crippen molar-refractivity contribution in [1.29, 1.82) is 0 Å². The molecule has 0 saturated carbocycles. The van der Waals surface area contributed by atoms with E-state index in [1.165, 1.54) is 0 Å². The number of hydrogen-bond acceptors (Lipinski definition) is 5. The monoisotopic (exact) mass is 280 g/mol. The molecule has 0 fully saturated rings. The normalized spacial score (nSPS) is 12.5. The maximum atomic E-state index is 8.79. The molecule has 0 amide bonds. The Morgan fingerprint density at radius 1 is 1.82 bits per heavy atom. The number of aliphatic hydroxyl groups is 2. The van der Waals surface area contributed by atoms with Crippen molar-refractivity contribution in [2.45, 2.75) is 6.10 Å². The van der Waals surface area contributed by atoms with E-state index in [9.17, 15) is 0 Å². The molecule has 0 aromatic heterocycles. The van der Waals surface area contributed by atoms with Crippen LogP contribution in [0, 0.1) is 0 Å². The van der Waals surface area contributed by atoms with Crippen LogP contribution >= 0.6 is 24.3 Å². The zero-order valence-corrected chi connectivity index (χ0v) is 9.16. The Balaban J connectivity index is 3.20. The molecule has 0 aromatic carbocycles. The molecule has 11 heavy (non-hydrogen) atoms. The Hall–Kier alpha value is 0.808. The third-order valence-corrected chi connectivity index (χ3v) is 2.69. The average molecular weight is 278 g/mol. The molecular formula is C4H8MoNO3S2. The molecule has 0 aromatic rings. The molecule has 7 heteroatoms. The van der Waals surface area contributed by atoms with Crippen LogP contribution in [-0.4, -0.2) is 33.9 Å². The van der Waals surface area contributed by atoms with Gasteiger partial charge in [-0.2, -0.15) is 0 Å². The third-order valence-electron chi connectivity index (χ3n) is 0.689. The van der Waals surface area contributed by atoms with Gasteiger partial charge < -0.3 is 0 Å². The quantitative estimate of drug-likeness (QED) is 0.360. The zero-order chi connectivity index (χ0) is 8.69. The van der Waals surface area contributed by atoms with Crippen molar-refractivity contribution in [3.05, 3.63) is 0 Å². The molecule has 3 N–H and O–H groups in total. The fourth-order valence-electron chi connectivity index (χ4n) is 0.236. The van der Waals surface area contributed by atoms with Crippen molar-refractivity contribution >= 4 is 28.6 Å². The molecule has 65 valence electrons. The number of nitrogens with one attached hydrogen (secondary N) is 1. The predicted molar refractivity (Wildman–Crippen MR) is 42.4 cm³/mol. The second-order valence-corrected chi connectivity index (χ2v) is 3.57. The predicted octanol–water partition coefficient (Wildman–Crippen LogP) is -0.659. The summed E-state index contributed by atoms with van der Waals surface area (Å²) < 4.78 is 8.04. The van der Waals surface area contributed by atoms with Gasteiger partial charge in [-0.3, -0.25) is 0 Å². The van der Waals surface area contributed by atoms with E-state index in [2.05, 4.69) is 3.88 Å². The Morgan fingerprint density at radius 2 is 2.45 bits per heavy atom. The summed E-state index contributed by atoms with van der Waals surface area (Å²) >= 11 is 7.32. The van der Waals surface area contributed by atoms with E-state index in [0.29, 0.717) is 4.32 Å². The Kier molecular flexibility index (Phi) is 8.01. The van der Waals surface area contributed by atoms with Gasteiger partial charge in [-0.1, -0.05) is 0 Å². The molecule has 4 nitrogen and oxygen atoms in total. The van der Waals surface area contributed by atoms with Crippen molar-refractivity contribution in [3.8, 4) is 0 Å². The maximum absolute atomic E-state index is 8.79. The first-order valence-electron chi connectivity index (χ1n) is 2.71. The molecule has 0 radical (unpaired) electrons. The molecule has 0 rings (SSSR count). The Labute approximate surface area is 86.1 Å². The van der Waals surface area contributed by atoms with Gasteiger partial charge in [0.2, 0.25) is 0 Å². The molecule has 0 aliphatic rings. The van der Waals surface area contributed by atoms with Crippen LogP contribution in [0.3, 0.4) is 0 Å². The van der Waals surface area contributed by atoms with E-state index >= 15 is 0 Å². The standard InChI is InChI=1S/C4H9NO3S2.Mo/c5-4(9)10-8-2-3(7)1-6;/h3,6-7H,1-2H2,(H2,5,9);/q;+1/p-1. The summed E-state index contributed by atoms with van der Waals surface area (Å²) in [6, 6.07) is 0. The summed E-state index contributed by atoms with van der Waals surface area (Å²) in [5, 5.41) is 17.2. The zero-order valence-electron chi connectivity index (χ0n) is 5.52. The van der Waals surface area contributed by atoms with Crippen molar-refractivity contribution in [2.75, 3.05) is 13.2 Å². The molecule has 0 bridgehead atoms. The van der Waals surface area contributed by atoms with Crippen LogP contribution in [0.2, 0.25) is 0 Å². The summed E-state index contributed by atoms with van der Waals surface area (Å²) in [4.78, 5) is 0. The van der Waals surface area contributed by atoms with Gasteiger partial charge in [0.05, 0.1) is 0 Å². The summed E-state index contributed by atoms with van der Waals surface area (Å²) in [6.07, 6.45) is -0.831. The van der Waals surface area contributed by atoms with Crippen LogP contribution in [0.5, 0.6) is 0 Å². The Bertz CT molecular complexity index is 126. The van der Waals surface area contributed by atoms with Gasteiger partial charge in [-0.25, -0.2) is 0 Å². The molecular weight excluding hydrogens is 270 g/mol. The van der Waals surface area contributed by atoms with Crippen LogP contribution < -0.4 is 3.88 Å². The van der Waals surface area contributed by atoms with E-state index in [1.807, 2.05) is 0 Å². The van der Waals surface area contributed by atoms with E-state index in [-0.39, 0.29) is 13.2 Å². The second-order valence-electron chi connectivity index (χ2n) is 1.59. The van der Waals surface area contributed by atoms with Crippen LogP contribution in [0.25, 0.3) is 0 Å². The number of rotatable bonds is 4. The summed E-state index contributed by atoms with van der Waals surface area (Å²) in [5.74, 6) is 0. The summed E-state index contributed by atoms with van der Waals surface area (Å²) in [5.41, 5.74) is 0. The molecule has 0 aliphatic carbocycles. The van der Waals surface area contributed by atoms with Gasteiger partial charge in [-0.05, 0) is 0 Å². The van der Waals surface area contributed by atoms with Crippen molar-refractivity contribution < 1.29 is 34.5 Å². The van der Waals surface area contributed by atoms with Gasteiger partial charge in [0, 0.05) is 0 Å². The third kappa shape index (κ3) is 7.18. The SMILES string of the molecule is OCC(O)COSC(=S)[NH][Mo]. The van der Waals surface area contributed by atoms with Crippen molar-refractivity contribution in [2.24, 2.45) is 0 Å². The first-order valence-corrected chi connectivity index (χ1v) is 4.86. The minimum absolute atomic E-state index is 0.0735. The molecule has 0 spiro atoms. The molecule has 0 saturated heterocycles.